The average Bonchev–Trinajstić information content (AvgIpc) is 3.57. The summed E-state index contributed by atoms with van der Waals surface area (Å²) in [5, 5.41) is 13.2. The fraction of sp³-hybridized carbons (Fsp3) is 0.581. The van der Waals surface area contributed by atoms with Gasteiger partial charge in [-0.25, -0.2) is 0 Å². The van der Waals surface area contributed by atoms with Crippen molar-refractivity contribution in [2.75, 3.05) is 26.3 Å². The van der Waals surface area contributed by atoms with Gasteiger partial charge in [0.15, 0.2) is 0 Å². The van der Waals surface area contributed by atoms with Gasteiger partial charge in [0.25, 0.3) is 0 Å². The summed E-state index contributed by atoms with van der Waals surface area (Å²) in [6.45, 7) is 12.0. The Morgan fingerprint density at radius 3 is 2.30 bits per heavy atom. The molecular weight excluding hydrogens is 464 g/mol. The van der Waals surface area contributed by atoms with Crippen LogP contribution in [0, 0.1) is 23.7 Å². The molecule has 0 spiro atoms. The van der Waals surface area contributed by atoms with Crippen molar-refractivity contribution >= 4 is 12.0 Å². The van der Waals surface area contributed by atoms with E-state index >= 15 is 0 Å². The molecule has 0 saturated carbocycles. The smallest absolute Gasteiger partial charge is 0.248 e. The first-order valence-electron chi connectivity index (χ1n) is 13.9. The van der Waals surface area contributed by atoms with E-state index in [4.69, 9.17) is 9.47 Å². The minimum atomic E-state index is -0.147. The Morgan fingerprint density at radius 2 is 1.68 bits per heavy atom. The number of carbonyl (C=O) groups excluding carboxylic acids is 1. The first-order valence-corrected chi connectivity index (χ1v) is 13.9. The van der Waals surface area contributed by atoms with Crippen LogP contribution in [0.25, 0.3) is 6.08 Å². The van der Waals surface area contributed by atoms with E-state index in [0.717, 1.165) is 26.0 Å². The maximum absolute atomic E-state index is 12.6. The van der Waals surface area contributed by atoms with Crippen LogP contribution in [-0.2, 0) is 14.3 Å². The van der Waals surface area contributed by atoms with Gasteiger partial charge in [-0.15, -0.1) is 0 Å². The van der Waals surface area contributed by atoms with Crippen LogP contribution in [0.2, 0.25) is 0 Å². The Morgan fingerprint density at radius 1 is 1.00 bits per heavy atom. The van der Waals surface area contributed by atoms with E-state index in [-0.39, 0.29) is 17.9 Å². The summed E-state index contributed by atoms with van der Waals surface area (Å²) in [5.41, 5.74) is 3.61. The highest BCUT2D eigenvalue weighted by Gasteiger charge is 2.38. The van der Waals surface area contributed by atoms with Gasteiger partial charge in [-0.2, -0.15) is 0 Å². The molecule has 5 rings (SSSR count). The lowest BCUT2D eigenvalue weighted by Gasteiger charge is -2.35. The SMILES string of the molecule is CC1=CC(C)C(C2NCCO2)CC1.CC1=CC(C)C(C2OCCN2C(=O)/C=C/c2ccccc2O)CC1. The number of amides is 1. The molecule has 202 valence electrons. The van der Waals surface area contributed by atoms with E-state index in [2.05, 4.69) is 45.2 Å². The van der Waals surface area contributed by atoms with Crippen molar-refractivity contribution in [1.82, 2.24) is 10.2 Å². The number of carbonyl (C=O) groups is 1. The molecule has 4 aliphatic rings. The van der Waals surface area contributed by atoms with E-state index in [9.17, 15) is 9.90 Å². The van der Waals surface area contributed by atoms with Crippen LogP contribution in [0.3, 0.4) is 0 Å². The van der Waals surface area contributed by atoms with Gasteiger partial charge < -0.3 is 19.5 Å². The van der Waals surface area contributed by atoms with Crippen molar-refractivity contribution < 1.29 is 19.4 Å². The lowest BCUT2D eigenvalue weighted by molar-refractivity contribution is -0.134. The molecule has 0 radical (unpaired) electrons. The van der Waals surface area contributed by atoms with Crippen molar-refractivity contribution in [2.24, 2.45) is 23.7 Å². The van der Waals surface area contributed by atoms with E-state index in [1.54, 1.807) is 29.8 Å². The monoisotopic (exact) mass is 508 g/mol. The maximum Gasteiger partial charge on any atom is 0.248 e. The molecule has 2 saturated heterocycles. The molecule has 6 unspecified atom stereocenters. The summed E-state index contributed by atoms with van der Waals surface area (Å²) in [6, 6.07) is 7.00. The van der Waals surface area contributed by atoms with Crippen LogP contribution in [0.1, 0.15) is 58.9 Å². The summed E-state index contributed by atoms with van der Waals surface area (Å²) in [6.07, 6.45) is 12.7. The number of benzene rings is 1. The number of rotatable bonds is 4. The van der Waals surface area contributed by atoms with Crippen LogP contribution in [0.5, 0.6) is 5.75 Å². The van der Waals surface area contributed by atoms with Gasteiger partial charge in [0.05, 0.1) is 13.2 Å². The zero-order valence-corrected chi connectivity index (χ0v) is 22.9. The van der Waals surface area contributed by atoms with Gasteiger partial charge in [-0.1, -0.05) is 55.3 Å². The lowest BCUT2D eigenvalue weighted by atomic mass is 9.80. The minimum Gasteiger partial charge on any atom is -0.507 e. The molecule has 2 N–H and O–H groups in total. The number of nitrogens with one attached hydrogen (secondary N) is 1. The van der Waals surface area contributed by atoms with E-state index in [1.165, 1.54) is 24.5 Å². The second kappa shape index (κ2) is 12.9. The third-order valence-electron chi connectivity index (χ3n) is 8.24. The quantitative estimate of drug-likeness (QED) is 0.415. The van der Waals surface area contributed by atoms with E-state index in [1.807, 2.05) is 11.0 Å². The Balaban J connectivity index is 0.000000207. The highest BCUT2D eigenvalue weighted by Crippen LogP contribution is 2.35. The van der Waals surface area contributed by atoms with Gasteiger partial charge in [0.2, 0.25) is 5.91 Å². The Labute approximate surface area is 222 Å². The highest BCUT2D eigenvalue weighted by atomic mass is 16.5. The number of hydrogen-bond acceptors (Lipinski definition) is 5. The molecule has 0 bridgehead atoms. The molecule has 2 heterocycles. The zero-order valence-electron chi connectivity index (χ0n) is 22.9. The largest absolute Gasteiger partial charge is 0.507 e. The zero-order chi connectivity index (χ0) is 26.4. The molecule has 1 aromatic rings. The summed E-state index contributed by atoms with van der Waals surface area (Å²) in [7, 11) is 0. The van der Waals surface area contributed by atoms with Gasteiger partial charge in [-0.3, -0.25) is 10.1 Å². The number of phenolic OH excluding ortho intramolecular Hbond substituents is 1. The van der Waals surface area contributed by atoms with Gasteiger partial charge >= 0.3 is 0 Å². The summed E-state index contributed by atoms with van der Waals surface area (Å²) < 4.78 is 11.6. The lowest BCUT2D eigenvalue weighted by Crippen LogP contribution is -2.42. The number of aromatic hydroxyl groups is 1. The Hall–Kier alpha value is -2.41. The van der Waals surface area contributed by atoms with Crippen LogP contribution in [-0.4, -0.2) is 54.7 Å². The van der Waals surface area contributed by atoms with Crippen molar-refractivity contribution in [3.63, 3.8) is 0 Å². The minimum absolute atomic E-state index is 0.0563. The third kappa shape index (κ3) is 7.13. The second-order valence-corrected chi connectivity index (χ2v) is 11.1. The number of phenols is 1. The van der Waals surface area contributed by atoms with Crippen molar-refractivity contribution in [3.05, 3.63) is 59.2 Å². The van der Waals surface area contributed by atoms with Gasteiger partial charge in [-0.05, 0) is 63.5 Å². The first kappa shape index (κ1) is 27.6. The van der Waals surface area contributed by atoms with Crippen LogP contribution < -0.4 is 5.32 Å². The van der Waals surface area contributed by atoms with Crippen molar-refractivity contribution in [3.8, 4) is 5.75 Å². The van der Waals surface area contributed by atoms with Crippen LogP contribution >= 0.6 is 0 Å². The fourth-order valence-corrected chi connectivity index (χ4v) is 6.14. The summed E-state index contributed by atoms with van der Waals surface area (Å²) in [4.78, 5) is 14.4. The molecule has 6 heteroatoms. The predicted molar refractivity (Wildman–Crippen MR) is 148 cm³/mol. The molecule has 6 nitrogen and oxygen atoms in total. The van der Waals surface area contributed by atoms with E-state index in [0.29, 0.717) is 48.6 Å². The number of nitrogens with zero attached hydrogens (tertiary/aromatic N) is 1. The van der Waals surface area contributed by atoms with Gasteiger partial charge in [0, 0.05) is 36.6 Å². The number of allylic oxidation sites excluding steroid dienone is 4. The Kier molecular flexibility index (Phi) is 9.63. The normalized spacial score (nSPS) is 32.1. The molecular formula is C31H44N2O4. The molecule has 2 aliphatic heterocycles. The van der Waals surface area contributed by atoms with E-state index < -0.39 is 0 Å². The molecule has 1 aromatic carbocycles. The Bertz CT molecular complexity index is 1010. The maximum atomic E-state index is 12.6. The van der Waals surface area contributed by atoms with Crippen molar-refractivity contribution in [2.45, 2.75) is 65.8 Å². The number of ether oxygens (including phenoxy) is 2. The van der Waals surface area contributed by atoms with Gasteiger partial charge in [0.1, 0.15) is 18.2 Å². The molecule has 0 aromatic heterocycles. The second-order valence-electron chi connectivity index (χ2n) is 11.1. The molecule has 2 aliphatic carbocycles. The summed E-state index contributed by atoms with van der Waals surface area (Å²) in [5.74, 6) is 2.24. The third-order valence-corrected chi connectivity index (χ3v) is 8.24. The van der Waals surface area contributed by atoms with Crippen LogP contribution in [0.15, 0.2) is 53.6 Å². The molecule has 1 amide bonds. The molecule has 37 heavy (non-hydrogen) atoms. The topological polar surface area (TPSA) is 71.0 Å². The standard InChI is InChI=1S/C20H25NO3.C11H19NO/c1-14-7-9-17(15(2)13-14)20-21(11-12-24-20)19(23)10-8-16-5-3-4-6-18(16)22;1-8-3-4-10(9(2)7-8)11-12-5-6-13-11/h3-6,8,10,13,15,17,20,22H,7,9,11-12H2,1-2H3;7,9-12H,3-6H2,1-2H3/b10-8+;. The fourth-order valence-electron chi connectivity index (χ4n) is 6.14. The summed E-state index contributed by atoms with van der Waals surface area (Å²) >= 11 is 0. The molecule has 6 atom stereocenters. The predicted octanol–water partition coefficient (Wildman–Crippen LogP) is 5.51. The number of para-hydroxylation sites is 1. The average molecular weight is 509 g/mol. The number of hydrogen-bond donors (Lipinski definition) is 2. The first-order chi connectivity index (χ1) is 17.8. The highest BCUT2D eigenvalue weighted by molar-refractivity contribution is 5.92. The van der Waals surface area contributed by atoms with Crippen LogP contribution in [0.4, 0.5) is 0 Å². The molecule has 2 fully saturated rings. The van der Waals surface area contributed by atoms with Crippen molar-refractivity contribution in [1.29, 1.82) is 0 Å².